The lowest BCUT2D eigenvalue weighted by atomic mass is 10.2. The standard InChI is InChI=1S/C19H22N2O4/c1-4-24-18-11-15(7-10-17(18)22)12-20-21-19(23)14(3)25-16-8-5-13(2)6-9-16/h5-12,14,22H,4H2,1-3H3,(H,21,23)/b20-12+. The Morgan fingerprint density at radius 1 is 1.28 bits per heavy atom. The van der Waals surface area contributed by atoms with Crippen molar-refractivity contribution in [1.82, 2.24) is 5.43 Å². The van der Waals surface area contributed by atoms with Crippen molar-refractivity contribution in [3.05, 3.63) is 53.6 Å². The smallest absolute Gasteiger partial charge is 0.280 e. The van der Waals surface area contributed by atoms with Crippen molar-refractivity contribution in [3.8, 4) is 17.2 Å². The van der Waals surface area contributed by atoms with Crippen LogP contribution in [0.2, 0.25) is 0 Å². The third-order valence-corrected chi connectivity index (χ3v) is 3.38. The van der Waals surface area contributed by atoms with Gasteiger partial charge in [-0.1, -0.05) is 17.7 Å². The van der Waals surface area contributed by atoms with Crippen LogP contribution >= 0.6 is 0 Å². The summed E-state index contributed by atoms with van der Waals surface area (Å²) in [5, 5.41) is 13.6. The van der Waals surface area contributed by atoms with Gasteiger partial charge in [0.25, 0.3) is 5.91 Å². The molecule has 6 nitrogen and oxygen atoms in total. The van der Waals surface area contributed by atoms with Gasteiger partial charge in [-0.05, 0) is 56.7 Å². The Labute approximate surface area is 147 Å². The third kappa shape index (κ3) is 5.53. The molecule has 2 aromatic rings. The van der Waals surface area contributed by atoms with E-state index in [2.05, 4.69) is 10.5 Å². The first-order chi connectivity index (χ1) is 12.0. The zero-order chi connectivity index (χ0) is 18.2. The number of nitrogens with zero attached hydrogens (tertiary/aromatic N) is 1. The molecule has 0 aliphatic carbocycles. The van der Waals surface area contributed by atoms with Crippen molar-refractivity contribution in [2.45, 2.75) is 26.9 Å². The van der Waals surface area contributed by atoms with Crippen molar-refractivity contribution in [2.24, 2.45) is 5.10 Å². The van der Waals surface area contributed by atoms with Crippen molar-refractivity contribution >= 4 is 12.1 Å². The average molecular weight is 342 g/mol. The van der Waals surface area contributed by atoms with Crippen molar-refractivity contribution in [2.75, 3.05) is 6.61 Å². The van der Waals surface area contributed by atoms with Gasteiger partial charge in [0, 0.05) is 0 Å². The minimum absolute atomic E-state index is 0.0585. The molecule has 25 heavy (non-hydrogen) atoms. The zero-order valence-electron chi connectivity index (χ0n) is 14.5. The van der Waals surface area contributed by atoms with Gasteiger partial charge in [0.1, 0.15) is 5.75 Å². The van der Waals surface area contributed by atoms with E-state index in [1.165, 1.54) is 12.3 Å². The Balaban J connectivity index is 1.91. The van der Waals surface area contributed by atoms with Gasteiger partial charge in [-0.25, -0.2) is 5.43 Å². The highest BCUT2D eigenvalue weighted by Gasteiger charge is 2.13. The number of aromatic hydroxyl groups is 1. The fourth-order valence-corrected chi connectivity index (χ4v) is 2.02. The van der Waals surface area contributed by atoms with Crippen LogP contribution in [0, 0.1) is 6.92 Å². The molecule has 1 amide bonds. The van der Waals surface area contributed by atoms with E-state index < -0.39 is 6.10 Å². The van der Waals surface area contributed by atoms with Crippen LogP contribution in [0.25, 0.3) is 0 Å². The SMILES string of the molecule is CCOc1cc(/C=N/NC(=O)C(C)Oc2ccc(C)cc2)ccc1O. The van der Waals surface area contributed by atoms with E-state index in [-0.39, 0.29) is 11.7 Å². The second kappa shape index (κ2) is 8.73. The highest BCUT2D eigenvalue weighted by atomic mass is 16.5. The Kier molecular flexibility index (Phi) is 6.39. The van der Waals surface area contributed by atoms with Crippen LogP contribution in [0.4, 0.5) is 0 Å². The van der Waals surface area contributed by atoms with E-state index in [1.807, 2.05) is 38.1 Å². The average Bonchev–Trinajstić information content (AvgIpc) is 2.59. The topological polar surface area (TPSA) is 80.2 Å². The molecule has 2 aromatic carbocycles. The molecule has 0 aromatic heterocycles. The molecule has 0 aliphatic heterocycles. The maximum Gasteiger partial charge on any atom is 0.280 e. The number of carbonyl (C=O) groups excluding carboxylic acids is 1. The quantitative estimate of drug-likeness (QED) is 0.599. The summed E-state index contributed by atoms with van der Waals surface area (Å²) in [5.41, 5.74) is 4.24. The number of benzene rings is 2. The molecule has 0 bridgehead atoms. The molecule has 2 N–H and O–H groups in total. The van der Waals surface area contributed by atoms with Gasteiger partial charge in [-0.2, -0.15) is 5.10 Å². The third-order valence-electron chi connectivity index (χ3n) is 3.38. The molecule has 0 heterocycles. The zero-order valence-corrected chi connectivity index (χ0v) is 14.5. The highest BCUT2D eigenvalue weighted by molar-refractivity contribution is 5.84. The second-order valence-corrected chi connectivity index (χ2v) is 5.47. The second-order valence-electron chi connectivity index (χ2n) is 5.47. The maximum atomic E-state index is 12.0. The molecule has 6 heteroatoms. The van der Waals surface area contributed by atoms with Crippen molar-refractivity contribution in [1.29, 1.82) is 0 Å². The summed E-state index contributed by atoms with van der Waals surface area (Å²) in [6.45, 7) is 5.90. The molecule has 2 rings (SSSR count). The van der Waals surface area contributed by atoms with Crippen LogP contribution in [0.5, 0.6) is 17.2 Å². The summed E-state index contributed by atoms with van der Waals surface area (Å²) in [7, 11) is 0. The number of hydrogen-bond acceptors (Lipinski definition) is 5. The van der Waals surface area contributed by atoms with E-state index in [1.54, 1.807) is 19.1 Å². The molecule has 0 spiro atoms. The summed E-state index contributed by atoms with van der Waals surface area (Å²) < 4.78 is 10.9. The number of carbonyl (C=O) groups is 1. The van der Waals surface area contributed by atoms with E-state index in [0.29, 0.717) is 23.7 Å². The number of nitrogens with one attached hydrogen (secondary N) is 1. The van der Waals surface area contributed by atoms with E-state index in [9.17, 15) is 9.90 Å². The summed E-state index contributed by atoms with van der Waals surface area (Å²) in [4.78, 5) is 12.0. The van der Waals surface area contributed by atoms with Crippen LogP contribution in [0.15, 0.2) is 47.6 Å². The molecule has 0 saturated carbocycles. The predicted molar refractivity (Wildman–Crippen MR) is 96.3 cm³/mol. The molecule has 132 valence electrons. The first kappa shape index (κ1) is 18.3. The van der Waals surface area contributed by atoms with Gasteiger partial charge in [-0.15, -0.1) is 0 Å². The monoisotopic (exact) mass is 342 g/mol. The number of phenols is 1. The number of amides is 1. The molecule has 0 aliphatic rings. The van der Waals surface area contributed by atoms with Crippen LogP contribution in [0.1, 0.15) is 25.0 Å². The number of aryl methyl sites for hydroxylation is 1. The number of rotatable bonds is 7. The largest absolute Gasteiger partial charge is 0.504 e. The van der Waals surface area contributed by atoms with E-state index >= 15 is 0 Å². The molecular formula is C19H22N2O4. The fraction of sp³-hybridized carbons (Fsp3) is 0.263. The number of phenolic OH excluding ortho intramolecular Hbond substituents is 1. The maximum absolute atomic E-state index is 12.0. The lowest BCUT2D eigenvalue weighted by Crippen LogP contribution is -2.33. The van der Waals surface area contributed by atoms with Gasteiger partial charge in [0.05, 0.1) is 12.8 Å². The Morgan fingerprint density at radius 2 is 2.00 bits per heavy atom. The predicted octanol–water partition coefficient (Wildman–Crippen LogP) is 3.02. The van der Waals surface area contributed by atoms with E-state index in [4.69, 9.17) is 9.47 Å². The van der Waals surface area contributed by atoms with Gasteiger partial charge < -0.3 is 14.6 Å². The number of hydrazone groups is 1. The lowest BCUT2D eigenvalue weighted by Gasteiger charge is -2.13. The molecule has 1 unspecified atom stereocenters. The first-order valence-corrected chi connectivity index (χ1v) is 8.01. The van der Waals surface area contributed by atoms with Gasteiger partial charge in [0.2, 0.25) is 0 Å². The summed E-state index contributed by atoms with van der Waals surface area (Å²) >= 11 is 0. The molecule has 1 atom stereocenters. The van der Waals surface area contributed by atoms with Crippen LogP contribution in [-0.2, 0) is 4.79 Å². The van der Waals surface area contributed by atoms with Crippen LogP contribution in [-0.4, -0.2) is 29.9 Å². The first-order valence-electron chi connectivity index (χ1n) is 8.01. The van der Waals surface area contributed by atoms with Crippen molar-refractivity contribution in [3.63, 3.8) is 0 Å². The Bertz CT molecular complexity index is 742. The molecule has 0 fully saturated rings. The Hall–Kier alpha value is -3.02. The molecule has 0 radical (unpaired) electrons. The summed E-state index contributed by atoms with van der Waals surface area (Å²) in [6, 6.07) is 12.3. The molecular weight excluding hydrogens is 320 g/mol. The normalized spacial score (nSPS) is 12.0. The number of ether oxygens (including phenoxy) is 2. The summed E-state index contributed by atoms with van der Waals surface area (Å²) in [5.74, 6) is 0.690. The van der Waals surface area contributed by atoms with Crippen LogP contribution < -0.4 is 14.9 Å². The Morgan fingerprint density at radius 3 is 2.68 bits per heavy atom. The van der Waals surface area contributed by atoms with Crippen molar-refractivity contribution < 1.29 is 19.4 Å². The number of hydrogen-bond donors (Lipinski definition) is 2. The highest BCUT2D eigenvalue weighted by Crippen LogP contribution is 2.26. The summed E-state index contributed by atoms with van der Waals surface area (Å²) in [6.07, 6.45) is 0.789. The van der Waals surface area contributed by atoms with Gasteiger partial charge >= 0.3 is 0 Å². The lowest BCUT2D eigenvalue weighted by molar-refractivity contribution is -0.127. The molecule has 0 saturated heterocycles. The minimum atomic E-state index is -0.682. The minimum Gasteiger partial charge on any atom is -0.504 e. The van der Waals surface area contributed by atoms with Crippen LogP contribution in [0.3, 0.4) is 0 Å². The van der Waals surface area contributed by atoms with Gasteiger partial charge in [0.15, 0.2) is 17.6 Å². The fourth-order valence-electron chi connectivity index (χ4n) is 2.02. The van der Waals surface area contributed by atoms with Gasteiger partial charge in [-0.3, -0.25) is 4.79 Å². The van der Waals surface area contributed by atoms with E-state index in [0.717, 1.165) is 5.56 Å².